The first-order valence-electron chi connectivity index (χ1n) is 6.48. The van der Waals surface area contributed by atoms with Crippen molar-refractivity contribution in [2.75, 3.05) is 0 Å². The normalized spacial score (nSPS) is 11.8. The van der Waals surface area contributed by atoms with Crippen molar-refractivity contribution in [2.45, 2.75) is 38.8 Å². The molecule has 0 saturated heterocycles. The maximum absolute atomic E-state index is 13.3. The number of nitrogens with one attached hydrogen (secondary N) is 1. The Morgan fingerprint density at radius 1 is 1.29 bits per heavy atom. The second-order valence-electron chi connectivity index (χ2n) is 4.73. The van der Waals surface area contributed by atoms with Gasteiger partial charge in [0.15, 0.2) is 0 Å². The van der Waals surface area contributed by atoms with Gasteiger partial charge in [0.2, 0.25) is 10.0 Å². The molecule has 0 atom stereocenters. The number of benzene rings is 1. The van der Waals surface area contributed by atoms with Gasteiger partial charge in [-0.2, -0.15) is 0 Å². The molecule has 114 valence electrons. The first kappa shape index (κ1) is 15.6. The lowest BCUT2D eigenvalue weighted by Gasteiger charge is -2.12. The van der Waals surface area contributed by atoms with E-state index in [0.717, 1.165) is 0 Å². The first-order valence-corrected chi connectivity index (χ1v) is 7.96. The third kappa shape index (κ3) is 3.27. The maximum atomic E-state index is 13.3. The molecule has 21 heavy (non-hydrogen) atoms. The zero-order chi connectivity index (χ0) is 15.6. The summed E-state index contributed by atoms with van der Waals surface area (Å²) in [6.45, 7) is 5.74. The fraction of sp³-hybridized carbons (Fsp3) is 0.385. The number of hydrogen-bond donors (Lipinski definition) is 1. The molecule has 0 saturated carbocycles. The molecule has 8 heteroatoms. The van der Waals surface area contributed by atoms with Crippen LogP contribution in [0.2, 0.25) is 0 Å². The summed E-state index contributed by atoms with van der Waals surface area (Å²) in [7, 11) is -3.74. The van der Waals surface area contributed by atoms with E-state index in [1.54, 1.807) is 18.4 Å². The quantitative estimate of drug-likeness (QED) is 0.908. The molecular formula is C13H17FN4O2S. The van der Waals surface area contributed by atoms with Gasteiger partial charge in [-0.25, -0.2) is 17.5 Å². The lowest BCUT2D eigenvalue weighted by Crippen LogP contribution is -2.26. The summed E-state index contributed by atoms with van der Waals surface area (Å²) in [6.07, 6.45) is 1.54. The minimum atomic E-state index is -3.74. The van der Waals surface area contributed by atoms with Gasteiger partial charge in [-0.05, 0) is 44.0 Å². The molecule has 0 aliphatic heterocycles. The Morgan fingerprint density at radius 3 is 2.48 bits per heavy atom. The maximum Gasteiger partial charge on any atom is 0.241 e. The third-order valence-electron chi connectivity index (χ3n) is 3.15. The van der Waals surface area contributed by atoms with Crippen molar-refractivity contribution in [1.82, 2.24) is 19.5 Å². The van der Waals surface area contributed by atoms with Crippen LogP contribution in [0.5, 0.6) is 0 Å². The molecule has 0 bridgehead atoms. The van der Waals surface area contributed by atoms with Crippen LogP contribution in [0.25, 0.3) is 0 Å². The highest BCUT2D eigenvalue weighted by Crippen LogP contribution is 2.21. The summed E-state index contributed by atoms with van der Waals surface area (Å²) in [4.78, 5) is 0.103. The topological polar surface area (TPSA) is 76.9 Å². The van der Waals surface area contributed by atoms with E-state index in [4.69, 9.17) is 0 Å². The number of aryl methyl sites for hydroxylation is 3. The molecule has 0 unspecified atom stereocenters. The van der Waals surface area contributed by atoms with Gasteiger partial charge in [0, 0.05) is 6.54 Å². The molecule has 1 aromatic heterocycles. The van der Waals surface area contributed by atoms with Gasteiger partial charge < -0.3 is 4.57 Å². The number of sulfonamides is 1. The van der Waals surface area contributed by atoms with Gasteiger partial charge in [0.25, 0.3) is 0 Å². The molecule has 0 radical (unpaired) electrons. The van der Waals surface area contributed by atoms with Crippen molar-refractivity contribution in [3.05, 3.63) is 41.2 Å². The van der Waals surface area contributed by atoms with Crippen LogP contribution in [-0.2, 0) is 23.1 Å². The van der Waals surface area contributed by atoms with Crippen molar-refractivity contribution < 1.29 is 12.8 Å². The van der Waals surface area contributed by atoms with E-state index in [0.29, 0.717) is 23.5 Å². The summed E-state index contributed by atoms with van der Waals surface area (Å²) in [5.41, 5.74) is 0.744. The van der Waals surface area contributed by atoms with Crippen LogP contribution in [0.4, 0.5) is 4.39 Å². The summed E-state index contributed by atoms with van der Waals surface area (Å²) in [6, 6.07) is 2.41. The third-order valence-corrected chi connectivity index (χ3v) is 4.86. The summed E-state index contributed by atoms with van der Waals surface area (Å²) in [5, 5.41) is 7.61. The largest absolute Gasteiger partial charge is 0.317 e. The number of aromatic nitrogens is 3. The molecule has 1 heterocycles. The van der Waals surface area contributed by atoms with E-state index in [-0.39, 0.29) is 11.4 Å². The van der Waals surface area contributed by atoms with Gasteiger partial charge >= 0.3 is 0 Å². The van der Waals surface area contributed by atoms with Crippen molar-refractivity contribution in [2.24, 2.45) is 0 Å². The predicted octanol–water partition coefficient (Wildman–Crippen LogP) is 1.53. The van der Waals surface area contributed by atoms with E-state index in [1.807, 2.05) is 6.92 Å². The van der Waals surface area contributed by atoms with Crippen LogP contribution in [0.3, 0.4) is 0 Å². The highest BCUT2D eigenvalue weighted by Gasteiger charge is 2.21. The van der Waals surface area contributed by atoms with Crippen molar-refractivity contribution in [3.8, 4) is 0 Å². The Bertz CT molecular complexity index is 732. The number of hydrogen-bond acceptors (Lipinski definition) is 4. The van der Waals surface area contributed by atoms with Crippen molar-refractivity contribution in [3.63, 3.8) is 0 Å². The van der Waals surface area contributed by atoms with Crippen molar-refractivity contribution in [1.29, 1.82) is 0 Å². The summed E-state index contributed by atoms with van der Waals surface area (Å²) in [5.74, 6) is 0.0770. The minimum absolute atomic E-state index is 0.0342. The highest BCUT2D eigenvalue weighted by atomic mass is 32.2. The fourth-order valence-electron chi connectivity index (χ4n) is 2.23. The van der Waals surface area contributed by atoms with Crippen LogP contribution in [0.15, 0.2) is 23.4 Å². The first-order chi connectivity index (χ1) is 9.85. The number of nitrogens with zero attached hydrogens (tertiary/aromatic N) is 3. The molecule has 0 aliphatic carbocycles. The molecule has 2 aromatic rings. The summed E-state index contributed by atoms with van der Waals surface area (Å²) < 4.78 is 42.3. The molecule has 0 amide bonds. The molecule has 0 fully saturated rings. The monoisotopic (exact) mass is 312 g/mol. The second-order valence-corrected chi connectivity index (χ2v) is 6.43. The Balaban J connectivity index is 2.27. The Morgan fingerprint density at radius 2 is 1.90 bits per heavy atom. The lowest BCUT2D eigenvalue weighted by atomic mass is 10.1. The molecule has 0 aliphatic rings. The highest BCUT2D eigenvalue weighted by molar-refractivity contribution is 7.89. The Labute approximate surface area is 123 Å². The zero-order valence-corrected chi connectivity index (χ0v) is 12.9. The predicted molar refractivity (Wildman–Crippen MR) is 75.6 cm³/mol. The lowest BCUT2D eigenvalue weighted by molar-refractivity contribution is 0.572. The smallest absolute Gasteiger partial charge is 0.241 e. The van der Waals surface area contributed by atoms with Crippen LogP contribution >= 0.6 is 0 Å². The number of rotatable bonds is 5. The SMILES string of the molecule is CCn1cnnc1CNS(=O)(=O)c1c(C)cc(F)cc1C. The van der Waals surface area contributed by atoms with E-state index in [2.05, 4.69) is 14.9 Å². The summed E-state index contributed by atoms with van der Waals surface area (Å²) >= 11 is 0. The van der Waals surface area contributed by atoms with E-state index in [9.17, 15) is 12.8 Å². The van der Waals surface area contributed by atoms with Crippen LogP contribution in [0, 0.1) is 19.7 Å². The van der Waals surface area contributed by atoms with Crippen LogP contribution < -0.4 is 4.72 Å². The average molecular weight is 312 g/mol. The molecule has 0 spiro atoms. The fourth-order valence-corrected chi connectivity index (χ4v) is 3.66. The van der Waals surface area contributed by atoms with Crippen molar-refractivity contribution >= 4 is 10.0 Å². The molecule has 1 N–H and O–H groups in total. The second kappa shape index (κ2) is 5.90. The Hall–Kier alpha value is -1.80. The Kier molecular flexibility index (Phi) is 4.38. The zero-order valence-electron chi connectivity index (χ0n) is 12.1. The van der Waals surface area contributed by atoms with E-state index < -0.39 is 15.8 Å². The molecule has 6 nitrogen and oxygen atoms in total. The van der Waals surface area contributed by atoms with Gasteiger partial charge in [-0.1, -0.05) is 0 Å². The molecular weight excluding hydrogens is 295 g/mol. The van der Waals surface area contributed by atoms with E-state index in [1.165, 1.54) is 18.5 Å². The number of halogens is 1. The van der Waals surface area contributed by atoms with Gasteiger partial charge in [0.1, 0.15) is 18.0 Å². The van der Waals surface area contributed by atoms with Crippen LogP contribution in [-0.4, -0.2) is 23.2 Å². The van der Waals surface area contributed by atoms with Crippen LogP contribution in [0.1, 0.15) is 23.9 Å². The standard InChI is InChI=1S/C13H17FN4O2S/c1-4-18-8-15-17-12(18)7-16-21(19,20)13-9(2)5-11(14)6-10(13)3/h5-6,8,16H,4,7H2,1-3H3. The molecule has 2 rings (SSSR count). The minimum Gasteiger partial charge on any atom is -0.317 e. The van der Waals surface area contributed by atoms with Gasteiger partial charge in [0.05, 0.1) is 11.4 Å². The van der Waals surface area contributed by atoms with Gasteiger partial charge in [-0.3, -0.25) is 0 Å². The van der Waals surface area contributed by atoms with E-state index >= 15 is 0 Å². The molecule has 1 aromatic carbocycles. The average Bonchev–Trinajstić information content (AvgIpc) is 2.82. The van der Waals surface area contributed by atoms with Gasteiger partial charge in [-0.15, -0.1) is 10.2 Å².